The number of anilines is 1. The minimum Gasteiger partial charge on any atom is -0.310 e. The highest BCUT2D eigenvalue weighted by molar-refractivity contribution is 7.91. The van der Waals surface area contributed by atoms with E-state index in [1.165, 1.54) is 34.2 Å². The average Bonchev–Trinajstić information content (AvgIpc) is 3.32. The molecule has 0 saturated carbocycles. The fraction of sp³-hybridized carbons (Fsp3) is 0.190. The van der Waals surface area contributed by atoms with Crippen molar-refractivity contribution < 1.29 is 17.6 Å². The van der Waals surface area contributed by atoms with Crippen LogP contribution in [0.5, 0.6) is 0 Å². The summed E-state index contributed by atoms with van der Waals surface area (Å²) in [5.74, 6) is -0.263. The third kappa shape index (κ3) is 4.35. The number of amides is 1. The van der Waals surface area contributed by atoms with Crippen LogP contribution in [0.25, 0.3) is 15.3 Å². The molecule has 10 heteroatoms. The van der Waals surface area contributed by atoms with Gasteiger partial charge in [0, 0.05) is 6.07 Å². The second kappa shape index (κ2) is 8.20. The molecule has 0 spiro atoms. The van der Waals surface area contributed by atoms with Gasteiger partial charge in [0.2, 0.25) is 11.0 Å². The maximum Gasteiger partial charge on any atom is 0.229 e. The largest absolute Gasteiger partial charge is 0.310 e. The lowest BCUT2D eigenvalue weighted by molar-refractivity contribution is -0.115. The van der Waals surface area contributed by atoms with Crippen LogP contribution in [0.3, 0.4) is 0 Å². The van der Waals surface area contributed by atoms with Crippen LogP contribution in [0.1, 0.15) is 18.2 Å². The highest BCUT2D eigenvalue weighted by atomic mass is 32.2. The lowest BCUT2D eigenvalue weighted by Crippen LogP contribution is -2.17. The Hall–Kier alpha value is -3.11. The van der Waals surface area contributed by atoms with Crippen LogP contribution in [0, 0.1) is 12.7 Å². The van der Waals surface area contributed by atoms with Gasteiger partial charge in [-0.05, 0) is 36.8 Å². The Bertz CT molecular complexity index is 1380. The van der Waals surface area contributed by atoms with Gasteiger partial charge >= 0.3 is 0 Å². The van der Waals surface area contributed by atoms with Crippen molar-refractivity contribution in [2.45, 2.75) is 25.2 Å². The van der Waals surface area contributed by atoms with E-state index >= 15 is 0 Å². The number of nitrogens with one attached hydrogen (secondary N) is 1. The fourth-order valence-corrected chi connectivity index (χ4v) is 4.91. The Labute approximate surface area is 182 Å². The number of aryl methyl sites for hydroxylation is 1. The normalized spacial score (nSPS) is 11.7. The number of carbonyl (C=O) groups is 1. The van der Waals surface area contributed by atoms with Crippen molar-refractivity contribution in [2.75, 3.05) is 11.1 Å². The first-order valence-electron chi connectivity index (χ1n) is 9.50. The number of hydrogen-bond donors (Lipinski definition) is 1. The number of sulfone groups is 1. The molecule has 0 unspecified atom stereocenters. The van der Waals surface area contributed by atoms with Crippen molar-refractivity contribution in [2.24, 2.45) is 0 Å². The van der Waals surface area contributed by atoms with Crippen molar-refractivity contribution >= 4 is 43.1 Å². The standard InChI is InChI=1S/C21H19FN4O3S2/c1-3-31(28,29)15-9-7-14(8-10-15)12-19(27)23-18-11-13(2)25-26(18)21-24-20-16(22)5-4-6-17(20)30-21/h4-11H,3,12H2,1-2H3,(H,23,27). The van der Waals surface area contributed by atoms with Gasteiger partial charge in [0.25, 0.3) is 0 Å². The van der Waals surface area contributed by atoms with E-state index in [1.807, 2.05) is 0 Å². The number of benzene rings is 2. The molecule has 1 N–H and O–H groups in total. The monoisotopic (exact) mass is 458 g/mol. The summed E-state index contributed by atoms with van der Waals surface area (Å²) in [7, 11) is -3.28. The summed E-state index contributed by atoms with van der Waals surface area (Å²) in [6, 6.07) is 12.7. The van der Waals surface area contributed by atoms with Gasteiger partial charge in [-0.25, -0.2) is 17.8 Å². The molecule has 31 heavy (non-hydrogen) atoms. The third-order valence-electron chi connectivity index (χ3n) is 4.67. The van der Waals surface area contributed by atoms with E-state index in [4.69, 9.17) is 0 Å². The van der Waals surface area contributed by atoms with Gasteiger partial charge < -0.3 is 5.32 Å². The topological polar surface area (TPSA) is 94.0 Å². The van der Waals surface area contributed by atoms with Gasteiger partial charge in [0.05, 0.1) is 27.5 Å². The number of halogens is 1. The molecule has 0 atom stereocenters. The Balaban J connectivity index is 1.55. The highest BCUT2D eigenvalue weighted by Gasteiger charge is 2.17. The number of carbonyl (C=O) groups excluding carboxylic acids is 1. The van der Waals surface area contributed by atoms with E-state index in [2.05, 4.69) is 15.4 Å². The van der Waals surface area contributed by atoms with Crippen molar-refractivity contribution in [3.63, 3.8) is 0 Å². The summed E-state index contributed by atoms with van der Waals surface area (Å²) in [5.41, 5.74) is 1.61. The van der Waals surface area contributed by atoms with Crippen molar-refractivity contribution in [3.8, 4) is 5.13 Å². The van der Waals surface area contributed by atoms with Crippen LogP contribution in [0.15, 0.2) is 53.4 Å². The molecule has 0 fully saturated rings. The number of hydrogen-bond acceptors (Lipinski definition) is 6. The number of fused-ring (bicyclic) bond motifs is 1. The number of para-hydroxylation sites is 1. The summed E-state index contributed by atoms with van der Waals surface area (Å²) in [4.78, 5) is 17.1. The Morgan fingerprint density at radius 2 is 1.94 bits per heavy atom. The van der Waals surface area contributed by atoms with E-state index in [1.54, 1.807) is 44.2 Å². The zero-order valence-corrected chi connectivity index (χ0v) is 18.4. The smallest absolute Gasteiger partial charge is 0.229 e. The quantitative estimate of drug-likeness (QED) is 0.473. The first kappa shape index (κ1) is 21.1. The summed E-state index contributed by atoms with van der Waals surface area (Å²) in [5, 5.41) is 7.63. The van der Waals surface area contributed by atoms with E-state index in [-0.39, 0.29) is 28.5 Å². The third-order valence-corrected chi connectivity index (χ3v) is 7.41. The van der Waals surface area contributed by atoms with Gasteiger partial charge in [0.15, 0.2) is 9.84 Å². The second-order valence-electron chi connectivity index (χ2n) is 6.94. The molecule has 4 aromatic rings. The molecule has 0 saturated heterocycles. The number of rotatable bonds is 6. The molecule has 2 heterocycles. The molecule has 0 aliphatic rings. The molecule has 0 radical (unpaired) electrons. The molecule has 1 amide bonds. The maximum absolute atomic E-state index is 14.0. The van der Waals surface area contributed by atoms with Gasteiger partial charge in [-0.2, -0.15) is 9.78 Å². The van der Waals surface area contributed by atoms with Crippen LogP contribution in [-0.2, 0) is 21.1 Å². The molecule has 0 bridgehead atoms. The Kier molecular flexibility index (Phi) is 5.59. The Morgan fingerprint density at radius 3 is 2.61 bits per heavy atom. The molecular weight excluding hydrogens is 439 g/mol. The lowest BCUT2D eigenvalue weighted by Gasteiger charge is -2.07. The van der Waals surface area contributed by atoms with Crippen LogP contribution in [0.4, 0.5) is 10.2 Å². The molecule has 2 aromatic heterocycles. The van der Waals surface area contributed by atoms with Crippen molar-refractivity contribution in [3.05, 3.63) is 65.6 Å². The minimum absolute atomic E-state index is 0.0197. The van der Waals surface area contributed by atoms with Crippen molar-refractivity contribution in [1.29, 1.82) is 0 Å². The molecular formula is C21H19FN4O3S2. The van der Waals surface area contributed by atoms with Crippen LogP contribution >= 0.6 is 11.3 Å². The molecule has 0 aliphatic heterocycles. The van der Waals surface area contributed by atoms with Crippen LogP contribution < -0.4 is 5.32 Å². The highest BCUT2D eigenvalue weighted by Crippen LogP contribution is 2.28. The molecule has 4 rings (SSSR count). The predicted molar refractivity (Wildman–Crippen MR) is 118 cm³/mol. The van der Waals surface area contributed by atoms with Crippen LogP contribution in [-0.4, -0.2) is 34.8 Å². The SMILES string of the molecule is CCS(=O)(=O)c1ccc(CC(=O)Nc2cc(C)nn2-c2nc3c(F)cccc3s2)cc1. The first-order chi connectivity index (χ1) is 14.8. The van der Waals surface area contributed by atoms with E-state index < -0.39 is 15.7 Å². The van der Waals surface area contributed by atoms with Gasteiger partial charge in [0.1, 0.15) is 17.2 Å². The first-order valence-corrected chi connectivity index (χ1v) is 12.0. The fourth-order valence-electron chi connectivity index (χ4n) is 3.08. The van der Waals surface area contributed by atoms with E-state index in [0.29, 0.717) is 26.9 Å². The molecule has 0 aliphatic carbocycles. The van der Waals surface area contributed by atoms with Gasteiger partial charge in [-0.15, -0.1) is 0 Å². The van der Waals surface area contributed by atoms with Gasteiger partial charge in [-0.1, -0.05) is 36.5 Å². The Morgan fingerprint density at radius 1 is 1.19 bits per heavy atom. The molecule has 160 valence electrons. The van der Waals surface area contributed by atoms with Crippen LogP contribution in [0.2, 0.25) is 0 Å². The predicted octanol–water partition coefficient (Wildman–Crippen LogP) is 3.90. The van der Waals surface area contributed by atoms with Gasteiger partial charge in [-0.3, -0.25) is 4.79 Å². The summed E-state index contributed by atoms with van der Waals surface area (Å²) >= 11 is 1.27. The summed E-state index contributed by atoms with van der Waals surface area (Å²) in [6.07, 6.45) is 0.0607. The number of aromatic nitrogens is 3. The summed E-state index contributed by atoms with van der Waals surface area (Å²) < 4.78 is 40.0. The lowest BCUT2D eigenvalue weighted by atomic mass is 10.1. The molecule has 7 nitrogen and oxygen atoms in total. The van der Waals surface area contributed by atoms with E-state index in [9.17, 15) is 17.6 Å². The van der Waals surface area contributed by atoms with Crippen molar-refractivity contribution in [1.82, 2.24) is 14.8 Å². The average molecular weight is 459 g/mol. The maximum atomic E-state index is 14.0. The zero-order chi connectivity index (χ0) is 22.2. The zero-order valence-electron chi connectivity index (χ0n) is 16.8. The van der Waals surface area contributed by atoms with E-state index in [0.717, 1.165) is 0 Å². The second-order valence-corrected chi connectivity index (χ2v) is 10.2. The molecule has 2 aromatic carbocycles. The summed E-state index contributed by atoms with van der Waals surface area (Å²) in [6.45, 7) is 3.37. The minimum atomic E-state index is -3.28. The number of nitrogens with zero attached hydrogens (tertiary/aromatic N) is 3. The number of thiazole rings is 1.